The van der Waals surface area contributed by atoms with E-state index in [1.54, 1.807) is 0 Å². The Morgan fingerprint density at radius 2 is 1.79 bits per heavy atom. The van der Waals surface area contributed by atoms with Crippen molar-refractivity contribution in [3.05, 3.63) is 42.5 Å². The summed E-state index contributed by atoms with van der Waals surface area (Å²) in [6, 6.07) is 14.6. The Balaban J connectivity index is 1.62. The maximum atomic E-state index is 5.96. The highest BCUT2D eigenvalue weighted by atomic mass is 16.5. The molecule has 1 saturated heterocycles. The quantitative estimate of drug-likeness (QED) is 0.907. The van der Waals surface area contributed by atoms with Gasteiger partial charge in [0.05, 0.1) is 0 Å². The molecule has 2 aromatic rings. The summed E-state index contributed by atoms with van der Waals surface area (Å²) in [5, 5.41) is 5.80. The lowest BCUT2D eigenvalue weighted by molar-refractivity contribution is 0.192. The van der Waals surface area contributed by atoms with Crippen molar-refractivity contribution < 1.29 is 4.74 Å². The zero-order chi connectivity index (χ0) is 12.9. The second kappa shape index (κ2) is 6.04. The highest BCUT2D eigenvalue weighted by molar-refractivity contribution is 5.88. The standard InChI is InChI=1S/C16H20N2O/c1-2-6-15-14(4-1)5-3-7-16(15)19-13-12-18-10-8-17-9-11-18/h1-7,17H,8-13H2. The maximum Gasteiger partial charge on any atom is 0.127 e. The van der Waals surface area contributed by atoms with Crippen LogP contribution >= 0.6 is 0 Å². The van der Waals surface area contributed by atoms with E-state index in [0.29, 0.717) is 0 Å². The third-order valence-corrected chi connectivity index (χ3v) is 3.62. The lowest BCUT2D eigenvalue weighted by Gasteiger charge is -2.27. The molecule has 3 heteroatoms. The van der Waals surface area contributed by atoms with E-state index in [2.05, 4.69) is 52.7 Å². The number of piperazine rings is 1. The topological polar surface area (TPSA) is 24.5 Å². The van der Waals surface area contributed by atoms with Crippen LogP contribution in [-0.4, -0.2) is 44.2 Å². The molecule has 3 nitrogen and oxygen atoms in total. The third kappa shape index (κ3) is 3.06. The zero-order valence-electron chi connectivity index (χ0n) is 11.1. The van der Waals surface area contributed by atoms with Crippen LogP contribution in [0.25, 0.3) is 10.8 Å². The average Bonchev–Trinajstić information content (AvgIpc) is 2.49. The van der Waals surface area contributed by atoms with Crippen LogP contribution in [0.3, 0.4) is 0 Å². The number of rotatable bonds is 4. The van der Waals surface area contributed by atoms with Gasteiger partial charge in [-0.25, -0.2) is 0 Å². The number of hydrogen-bond donors (Lipinski definition) is 1. The van der Waals surface area contributed by atoms with Gasteiger partial charge in [0.2, 0.25) is 0 Å². The molecule has 0 unspecified atom stereocenters. The van der Waals surface area contributed by atoms with Gasteiger partial charge in [-0.1, -0.05) is 36.4 Å². The molecule has 100 valence electrons. The van der Waals surface area contributed by atoms with Gasteiger partial charge >= 0.3 is 0 Å². The molecule has 0 radical (unpaired) electrons. The number of nitrogens with one attached hydrogen (secondary N) is 1. The minimum Gasteiger partial charge on any atom is -0.492 e. The van der Waals surface area contributed by atoms with Gasteiger partial charge in [0.15, 0.2) is 0 Å². The van der Waals surface area contributed by atoms with E-state index in [4.69, 9.17) is 4.74 Å². The molecule has 0 atom stereocenters. The Kier molecular flexibility index (Phi) is 3.96. The van der Waals surface area contributed by atoms with Crippen molar-refractivity contribution in [2.45, 2.75) is 0 Å². The van der Waals surface area contributed by atoms with Gasteiger partial charge in [-0.3, -0.25) is 4.90 Å². The Morgan fingerprint density at radius 3 is 2.68 bits per heavy atom. The summed E-state index contributed by atoms with van der Waals surface area (Å²) in [5.41, 5.74) is 0. The van der Waals surface area contributed by atoms with Gasteiger partial charge in [0.25, 0.3) is 0 Å². The first kappa shape index (κ1) is 12.5. The second-order valence-electron chi connectivity index (χ2n) is 4.92. The second-order valence-corrected chi connectivity index (χ2v) is 4.92. The maximum absolute atomic E-state index is 5.96. The first-order chi connectivity index (χ1) is 9.43. The molecule has 0 amide bonds. The van der Waals surface area contributed by atoms with Crippen LogP contribution in [0.15, 0.2) is 42.5 Å². The van der Waals surface area contributed by atoms with E-state index in [9.17, 15) is 0 Å². The summed E-state index contributed by atoms with van der Waals surface area (Å²) in [5.74, 6) is 0.994. The molecule has 0 saturated carbocycles. The Hall–Kier alpha value is -1.58. The Morgan fingerprint density at radius 1 is 1.00 bits per heavy atom. The zero-order valence-corrected chi connectivity index (χ0v) is 11.1. The lowest BCUT2D eigenvalue weighted by Crippen LogP contribution is -2.44. The summed E-state index contributed by atoms with van der Waals surface area (Å²) in [6.45, 7) is 6.19. The number of hydrogen-bond acceptors (Lipinski definition) is 3. The molecule has 3 rings (SSSR count). The molecule has 2 aromatic carbocycles. The van der Waals surface area contributed by atoms with E-state index in [1.807, 2.05) is 0 Å². The van der Waals surface area contributed by atoms with E-state index in [1.165, 1.54) is 10.8 Å². The average molecular weight is 256 g/mol. The van der Waals surface area contributed by atoms with Crippen LogP contribution in [0.1, 0.15) is 0 Å². The van der Waals surface area contributed by atoms with Gasteiger partial charge < -0.3 is 10.1 Å². The summed E-state index contributed by atoms with van der Waals surface area (Å²) >= 11 is 0. The fourth-order valence-corrected chi connectivity index (χ4v) is 2.54. The molecular formula is C16H20N2O. The molecule has 1 heterocycles. The van der Waals surface area contributed by atoms with Crippen molar-refractivity contribution in [2.24, 2.45) is 0 Å². The monoisotopic (exact) mass is 256 g/mol. The van der Waals surface area contributed by atoms with Gasteiger partial charge in [0, 0.05) is 38.1 Å². The first-order valence-corrected chi connectivity index (χ1v) is 6.97. The minimum absolute atomic E-state index is 0.758. The van der Waals surface area contributed by atoms with E-state index in [0.717, 1.165) is 45.1 Å². The summed E-state index contributed by atoms with van der Waals surface area (Å²) < 4.78 is 5.96. The van der Waals surface area contributed by atoms with Gasteiger partial charge in [-0.05, 0) is 11.5 Å². The minimum atomic E-state index is 0.758. The fourth-order valence-electron chi connectivity index (χ4n) is 2.54. The molecule has 0 aromatic heterocycles. The number of ether oxygens (including phenoxy) is 1. The molecule has 1 fully saturated rings. The first-order valence-electron chi connectivity index (χ1n) is 6.97. The van der Waals surface area contributed by atoms with E-state index < -0.39 is 0 Å². The van der Waals surface area contributed by atoms with Crippen molar-refractivity contribution in [2.75, 3.05) is 39.3 Å². The fraction of sp³-hybridized carbons (Fsp3) is 0.375. The molecule has 0 aliphatic carbocycles. The highest BCUT2D eigenvalue weighted by Crippen LogP contribution is 2.24. The smallest absolute Gasteiger partial charge is 0.127 e. The molecule has 1 aliphatic rings. The molecular weight excluding hydrogens is 236 g/mol. The van der Waals surface area contributed by atoms with Gasteiger partial charge in [0.1, 0.15) is 12.4 Å². The SMILES string of the molecule is c1ccc2c(OCCN3CCNCC3)cccc2c1. The molecule has 1 aliphatic heterocycles. The van der Waals surface area contributed by atoms with Gasteiger partial charge in [-0.15, -0.1) is 0 Å². The van der Waals surface area contributed by atoms with Crippen molar-refractivity contribution in [1.29, 1.82) is 0 Å². The van der Waals surface area contributed by atoms with Gasteiger partial charge in [-0.2, -0.15) is 0 Å². The predicted molar refractivity (Wildman–Crippen MR) is 78.8 cm³/mol. The third-order valence-electron chi connectivity index (χ3n) is 3.62. The van der Waals surface area contributed by atoms with E-state index in [-0.39, 0.29) is 0 Å². The number of benzene rings is 2. The Bertz CT molecular complexity index is 530. The van der Waals surface area contributed by atoms with Crippen molar-refractivity contribution in [3.63, 3.8) is 0 Å². The van der Waals surface area contributed by atoms with Crippen molar-refractivity contribution >= 4 is 10.8 Å². The molecule has 0 bridgehead atoms. The largest absolute Gasteiger partial charge is 0.492 e. The van der Waals surface area contributed by atoms with Crippen LogP contribution in [0.5, 0.6) is 5.75 Å². The van der Waals surface area contributed by atoms with E-state index >= 15 is 0 Å². The predicted octanol–water partition coefficient (Wildman–Crippen LogP) is 2.12. The van der Waals surface area contributed by atoms with Crippen LogP contribution in [0, 0.1) is 0 Å². The molecule has 19 heavy (non-hydrogen) atoms. The van der Waals surface area contributed by atoms with Crippen LogP contribution < -0.4 is 10.1 Å². The number of fused-ring (bicyclic) bond motifs is 1. The van der Waals surface area contributed by atoms with Crippen LogP contribution in [0.4, 0.5) is 0 Å². The Labute approximate surface area is 114 Å². The lowest BCUT2D eigenvalue weighted by atomic mass is 10.1. The summed E-state index contributed by atoms with van der Waals surface area (Å²) in [6.07, 6.45) is 0. The highest BCUT2D eigenvalue weighted by Gasteiger charge is 2.09. The number of nitrogens with zero attached hydrogens (tertiary/aromatic N) is 1. The summed E-state index contributed by atoms with van der Waals surface area (Å²) in [7, 11) is 0. The van der Waals surface area contributed by atoms with Crippen LogP contribution in [0.2, 0.25) is 0 Å². The summed E-state index contributed by atoms with van der Waals surface area (Å²) in [4.78, 5) is 2.45. The normalized spacial score (nSPS) is 16.6. The molecule has 1 N–H and O–H groups in total. The van der Waals surface area contributed by atoms with Crippen LogP contribution in [-0.2, 0) is 0 Å². The molecule has 0 spiro atoms. The van der Waals surface area contributed by atoms with Crippen molar-refractivity contribution in [1.82, 2.24) is 10.2 Å². The van der Waals surface area contributed by atoms with Crippen molar-refractivity contribution in [3.8, 4) is 5.75 Å².